The average molecular weight is 174 g/mol. The summed E-state index contributed by atoms with van der Waals surface area (Å²) in [5, 5.41) is 0. The van der Waals surface area contributed by atoms with E-state index in [1.54, 1.807) is 0 Å². The molecule has 1 aliphatic carbocycles. The first kappa shape index (κ1) is 10.0. The van der Waals surface area contributed by atoms with E-state index in [0.29, 0.717) is 0 Å². The van der Waals surface area contributed by atoms with Crippen molar-refractivity contribution in [1.29, 1.82) is 0 Å². The molecule has 0 heterocycles. The van der Waals surface area contributed by atoms with E-state index in [0.717, 1.165) is 6.42 Å². The van der Waals surface area contributed by atoms with Crippen LogP contribution >= 0.6 is 0 Å². The van der Waals surface area contributed by atoms with Gasteiger partial charge in [0, 0.05) is 0 Å². The molecule has 0 aliphatic heterocycles. The highest BCUT2D eigenvalue weighted by Gasteiger charge is 1.98. The molecule has 0 nitrogen and oxygen atoms in total. The lowest BCUT2D eigenvalue weighted by Crippen LogP contribution is -1.81. The Bertz CT molecular complexity index is 262. The van der Waals surface area contributed by atoms with Crippen molar-refractivity contribution in [3.63, 3.8) is 0 Å². The zero-order valence-corrected chi connectivity index (χ0v) is 8.59. The maximum atomic E-state index is 2.34. The Labute approximate surface area is 81.4 Å². The van der Waals surface area contributed by atoms with Crippen LogP contribution < -0.4 is 0 Å². The summed E-state index contributed by atoms with van der Waals surface area (Å²) in [6.45, 7) is 4.31. The zero-order chi connectivity index (χ0) is 9.52. The minimum absolute atomic E-state index is 1.09. The first-order chi connectivity index (χ1) is 6.36. The molecule has 0 unspecified atom stereocenters. The Morgan fingerprint density at radius 3 is 2.54 bits per heavy atom. The number of allylic oxidation sites excluding steroid dienone is 8. The lowest BCUT2D eigenvalue weighted by molar-refractivity contribution is 0.946. The van der Waals surface area contributed by atoms with Crippen LogP contribution in [0, 0.1) is 0 Å². The smallest absolute Gasteiger partial charge is 0.00322 e. The van der Waals surface area contributed by atoms with Gasteiger partial charge in [0.1, 0.15) is 0 Å². The first-order valence-electron chi connectivity index (χ1n) is 5.05. The van der Waals surface area contributed by atoms with Gasteiger partial charge in [0.15, 0.2) is 0 Å². The van der Waals surface area contributed by atoms with Crippen LogP contribution in [0.15, 0.2) is 47.6 Å². The standard InChI is InChI=1S/C13H18/c1-3-5-8-13-10-7-6-9-12(4-2)11-13/h4,6-10H,3,5,11H2,1-2H3/b12-4-,13-8-. The summed E-state index contributed by atoms with van der Waals surface area (Å²) in [7, 11) is 0. The van der Waals surface area contributed by atoms with Gasteiger partial charge in [0.05, 0.1) is 0 Å². The predicted octanol–water partition coefficient (Wildman–Crippen LogP) is 4.18. The van der Waals surface area contributed by atoms with E-state index in [1.165, 1.54) is 24.0 Å². The molecule has 0 bridgehead atoms. The Morgan fingerprint density at radius 2 is 1.92 bits per heavy atom. The number of rotatable bonds is 2. The molecule has 0 aromatic rings. The topological polar surface area (TPSA) is 0 Å². The van der Waals surface area contributed by atoms with Gasteiger partial charge in [-0.1, -0.05) is 49.8 Å². The Morgan fingerprint density at radius 1 is 1.23 bits per heavy atom. The van der Waals surface area contributed by atoms with Crippen molar-refractivity contribution in [1.82, 2.24) is 0 Å². The molecular weight excluding hydrogens is 156 g/mol. The first-order valence-corrected chi connectivity index (χ1v) is 5.05. The number of hydrogen-bond donors (Lipinski definition) is 0. The molecule has 0 aromatic heterocycles. The molecule has 1 rings (SSSR count). The maximum absolute atomic E-state index is 2.34. The SMILES string of the molecule is C/C=C1/C=CC=C/C(=C/CCC)C1. The van der Waals surface area contributed by atoms with E-state index < -0.39 is 0 Å². The predicted molar refractivity (Wildman–Crippen MR) is 59.6 cm³/mol. The largest absolute Gasteiger partial charge is 0.0841 e. The van der Waals surface area contributed by atoms with Gasteiger partial charge in [-0.2, -0.15) is 0 Å². The Hall–Kier alpha value is -1.04. The normalized spacial score (nSPS) is 22.6. The van der Waals surface area contributed by atoms with Crippen LogP contribution in [0.1, 0.15) is 33.1 Å². The highest BCUT2D eigenvalue weighted by atomic mass is 14.0. The van der Waals surface area contributed by atoms with Gasteiger partial charge in [-0.25, -0.2) is 0 Å². The molecule has 0 aromatic carbocycles. The second-order valence-electron chi connectivity index (χ2n) is 3.33. The van der Waals surface area contributed by atoms with Gasteiger partial charge < -0.3 is 0 Å². The summed E-state index contributed by atoms with van der Waals surface area (Å²) in [5.41, 5.74) is 2.85. The summed E-state index contributed by atoms with van der Waals surface area (Å²) in [6, 6.07) is 0. The summed E-state index contributed by atoms with van der Waals surface area (Å²) in [4.78, 5) is 0. The molecule has 0 saturated heterocycles. The second kappa shape index (κ2) is 5.58. The van der Waals surface area contributed by atoms with E-state index in [4.69, 9.17) is 0 Å². The molecule has 0 fully saturated rings. The van der Waals surface area contributed by atoms with Crippen LogP contribution in [-0.4, -0.2) is 0 Å². The molecular formula is C13H18. The molecule has 70 valence electrons. The monoisotopic (exact) mass is 174 g/mol. The van der Waals surface area contributed by atoms with Gasteiger partial charge >= 0.3 is 0 Å². The zero-order valence-electron chi connectivity index (χ0n) is 8.59. The van der Waals surface area contributed by atoms with Crippen molar-refractivity contribution in [3.05, 3.63) is 47.6 Å². The van der Waals surface area contributed by atoms with Crippen molar-refractivity contribution in [2.45, 2.75) is 33.1 Å². The van der Waals surface area contributed by atoms with Crippen molar-refractivity contribution in [3.8, 4) is 0 Å². The Balaban J connectivity index is 2.68. The van der Waals surface area contributed by atoms with Gasteiger partial charge in [0.25, 0.3) is 0 Å². The molecule has 0 spiro atoms. The fourth-order valence-electron chi connectivity index (χ4n) is 1.38. The molecule has 0 heteroatoms. The van der Waals surface area contributed by atoms with E-state index in [1.807, 2.05) is 0 Å². The lowest BCUT2D eigenvalue weighted by Gasteiger charge is -2.01. The van der Waals surface area contributed by atoms with Crippen LogP contribution in [-0.2, 0) is 0 Å². The fourth-order valence-corrected chi connectivity index (χ4v) is 1.38. The van der Waals surface area contributed by atoms with Crippen LogP contribution in [0.3, 0.4) is 0 Å². The van der Waals surface area contributed by atoms with Crippen molar-refractivity contribution >= 4 is 0 Å². The highest BCUT2D eigenvalue weighted by molar-refractivity contribution is 5.36. The quantitative estimate of drug-likeness (QED) is 0.589. The third-order valence-corrected chi connectivity index (χ3v) is 2.21. The highest BCUT2D eigenvalue weighted by Crippen LogP contribution is 2.17. The molecule has 13 heavy (non-hydrogen) atoms. The second-order valence-corrected chi connectivity index (χ2v) is 3.33. The third-order valence-electron chi connectivity index (χ3n) is 2.21. The fraction of sp³-hybridized carbons (Fsp3) is 0.385. The van der Waals surface area contributed by atoms with E-state index >= 15 is 0 Å². The third kappa shape index (κ3) is 3.45. The lowest BCUT2D eigenvalue weighted by atomic mass is 10.0. The minimum atomic E-state index is 1.09. The van der Waals surface area contributed by atoms with Crippen molar-refractivity contribution < 1.29 is 0 Å². The van der Waals surface area contributed by atoms with Crippen LogP contribution in [0.5, 0.6) is 0 Å². The van der Waals surface area contributed by atoms with Crippen LogP contribution in [0.25, 0.3) is 0 Å². The van der Waals surface area contributed by atoms with Gasteiger partial charge in [-0.15, -0.1) is 0 Å². The van der Waals surface area contributed by atoms with Gasteiger partial charge in [-0.05, 0) is 30.9 Å². The number of unbranched alkanes of at least 4 members (excludes halogenated alkanes) is 1. The van der Waals surface area contributed by atoms with Gasteiger partial charge in [0.2, 0.25) is 0 Å². The molecule has 1 aliphatic rings. The van der Waals surface area contributed by atoms with Crippen LogP contribution in [0.2, 0.25) is 0 Å². The van der Waals surface area contributed by atoms with E-state index in [9.17, 15) is 0 Å². The molecule has 0 saturated carbocycles. The molecule has 0 radical (unpaired) electrons. The molecule has 0 amide bonds. The van der Waals surface area contributed by atoms with E-state index in [2.05, 4.69) is 50.3 Å². The maximum Gasteiger partial charge on any atom is -0.00322 e. The van der Waals surface area contributed by atoms with Gasteiger partial charge in [-0.3, -0.25) is 0 Å². The summed E-state index contributed by atoms with van der Waals surface area (Å²) in [6.07, 6.45) is 16.7. The summed E-state index contributed by atoms with van der Waals surface area (Å²) in [5.74, 6) is 0. The summed E-state index contributed by atoms with van der Waals surface area (Å²) < 4.78 is 0. The molecule has 0 atom stereocenters. The molecule has 0 N–H and O–H groups in total. The summed E-state index contributed by atoms with van der Waals surface area (Å²) >= 11 is 0. The van der Waals surface area contributed by atoms with Crippen molar-refractivity contribution in [2.24, 2.45) is 0 Å². The average Bonchev–Trinajstić information content (AvgIpc) is 2.39. The number of hydrogen-bond acceptors (Lipinski definition) is 0. The van der Waals surface area contributed by atoms with E-state index in [-0.39, 0.29) is 0 Å². The minimum Gasteiger partial charge on any atom is -0.0841 e. The van der Waals surface area contributed by atoms with Crippen molar-refractivity contribution in [2.75, 3.05) is 0 Å². The van der Waals surface area contributed by atoms with Crippen LogP contribution in [0.4, 0.5) is 0 Å². The Kier molecular flexibility index (Phi) is 4.31.